The number of nitrogens with two attached hydrogens (primary N) is 1. The highest BCUT2D eigenvalue weighted by Gasteiger charge is 2.29. The Morgan fingerprint density at radius 3 is 2.26 bits per heavy atom. The van der Waals surface area contributed by atoms with E-state index in [1.54, 1.807) is 12.1 Å². The molecule has 7 N–H and O–H groups in total. The number of aromatic amines is 1. The number of aromatic nitrogens is 1. The van der Waals surface area contributed by atoms with Crippen molar-refractivity contribution in [3.05, 3.63) is 65.9 Å². The zero-order chi connectivity index (χ0) is 25.5. The zero-order valence-corrected chi connectivity index (χ0v) is 19.8. The number of carboxylic acids is 1. The van der Waals surface area contributed by atoms with Crippen LogP contribution in [0.1, 0.15) is 31.4 Å². The zero-order valence-electron chi connectivity index (χ0n) is 19.8. The summed E-state index contributed by atoms with van der Waals surface area (Å²) < 4.78 is 0. The lowest BCUT2D eigenvalue weighted by Gasteiger charge is -2.24. The van der Waals surface area contributed by atoms with E-state index in [9.17, 15) is 24.6 Å². The van der Waals surface area contributed by atoms with Crippen molar-refractivity contribution in [1.82, 2.24) is 15.6 Å². The number of H-pyrrole nitrogens is 1. The number of fused-ring (bicyclic) bond motifs is 1. The minimum absolute atomic E-state index is 0.0473. The van der Waals surface area contributed by atoms with Crippen LogP contribution < -0.4 is 16.4 Å². The Morgan fingerprint density at radius 1 is 0.943 bits per heavy atom. The van der Waals surface area contributed by atoms with Crippen LogP contribution in [0.15, 0.2) is 54.7 Å². The number of carbonyl (C=O) groups excluding carboxylic acids is 2. The van der Waals surface area contributed by atoms with Crippen LogP contribution in [0.4, 0.5) is 0 Å². The third-order valence-electron chi connectivity index (χ3n) is 5.78. The fourth-order valence-electron chi connectivity index (χ4n) is 3.95. The summed E-state index contributed by atoms with van der Waals surface area (Å²) in [7, 11) is 0. The molecule has 3 atom stereocenters. The third-order valence-corrected chi connectivity index (χ3v) is 5.78. The van der Waals surface area contributed by atoms with Crippen molar-refractivity contribution in [2.24, 2.45) is 11.7 Å². The van der Waals surface area contributed by atoms with Gasteiger partial charge in [-0.15, -0.1) is 0 Å². The minimum atomic E-state index is -1.14. The fraction of sp³-hybridized carbons (Fsp3) is 0.346. The van der Waals surface area contributed by atoms with Crippen molar-refractivity contribution in [2.45, 2.75) is 51.2 Å². The van der Waals surface area contributed by atoms with Gasteiger partial charge in [0, 0.05) is 23.5 Å². The van der Waals surface area contributed by atoms with E-state index in [2.05, 4.69) is 15.6 Å². The van der Waals surface area contributed by atoms with Crippen LogP contribution in [0.2, 0.25) is 0 Å². The van der Waals surface area contributed by atoms with Crippen LogP contribution in [0, 0.1) is 5.92 Å². The summed E-state index contributed by atoms with van der Waals surface area (Å²) in [6.07, 6.45) is 2.42. The van der Waals surface area contributed by atoms with Gasteiger partial charge in [-0.3, -0.25) is 9.59 Å². The van der Waals surface area contributed by atoms with Crippen LogP contribution in [0.5, 0.6) is 5.75 Å². The van der Waals surface area contributed by atoms with E-state index in [1.807, 2.05) is 44.3 Å². The maximum Gasteiger partial charge on any atom is 0.326 e. The van der Waals surface area contributed by atoms with Crippen molar-refractivity contribution >= 4 is 28.7 Å². The number of carboxylic acid groups (broad SMARTS) is 1. The van der Waals surface area contributed by atoms with Gasteiger partial charge in [0.1, 0.15) is 17.8 Å². The molecule has 1 heterocycles. The topological polar surface area (TPSA) is 158 Å². The van der Waals surface area contributed by atoms with Crippen LogP contribution in [0.25, 0.3) is 10.9 Å². The molecule has 0 aliphatic heterocycles. The van der Waals surface area contributed by atoms with Crippen molar-refractivity contribution in [1.29, 1.82) is 0 Å². The quantitative estimate of drug-likeness (QED) is 0.247. The molecule has 0 bridgehead atoms. The van der Waals surface area contributed by atoms with Crippen LogP contribution in [-0.2, 0) is 27.2 Å². The van der Waals surface area contributed by atoms with E-state index in [1.165, 1.54) is 12.1 Å². The first-order valence-electron chi connectivity index (χ1n) is 11.6. The number of benzene rings is 2. The van der Waals surface area contributed by atoms with E-state index < -0.39 is 35.9 Å². The molecular formula is C26H32N4O5. The molecule has 0 aliphatic rings. The molecule has 0 radical (unpaired) electrons. The molecule has 0 fully saturated rings. The Bertz CT molecular complexity index is 1170. The Kier molecular flexibility index (Phi) is 8.48. The lowest BCUT2D eigenvalue weighted by Crippen LogP contribution is -2.55. The summed E-state index contributed by atoms with van der Waals surface area (Å²) >= 11 is 0. The molecular weight excluding hydrogens is 448 g/mol. The molecule has 3 aromatic rings. The van der Waals surface area contributed by atoms with E-state index in [4.69, 9.17) is 5.73 Å². The van der Waals surface area contributed by atoms with Gasteiger partial charge < -0.3 is 31.6 Å². The number of phenolic OH excluding ortho intramolecular Hbond substituents is 1. The average molecular weight is 481 g/mol. The lowest BCUT2D eigenvalue weighted by molar-refractivity contribution is -0.142. The van der Waals surface area contributed by atoms with E-state index in [0.29, 0.717) is 5.56 Å². The number of rotatable bonds is 11. The minimum Gasteiger partial charge on any atom is -0.508 e. The number of phenols is 1. The Morgan fingerprint density at radius 2 is 1.60 bits per heavy atom. The maximum atomic E-state index is 13.1. The van der Waals surface area contributed by atoms with Crippen molar-refractivity contribution in [2.75, 3.05) is 0 Å². The number of para-hydroxylation sites is 1. The summed E-state index contributed by atoms with van der Waals surface area (Å²) in [5.41, 5.74) is 8.69. The predicted molar refractivity (Wildman–Crippen MR) is 133 cm³/mol. The number of aliphatic carboxylic acids is 1. The highest BCUT2D eigenvalue weighted by Crippen LogP contribution is 2.19. The second-order valence-corrected chi connectivity index (χ2v) is 9.13. The number of hydrogen-bond donors (Lipinski definition) is 6. The van der Waals surface area contributed by atoms with E-state index in [0.717, 1.165) is 16.5 Å². The highest BCUT2D eigenvalue weighted by atomic mass is 16.4. The SMILES string of the molecule is CC(C)CC(NC(=O)C(Cc1ccc(O)cc1)NC(=O)C(N)Cc1c[nH]c2ccccc12)C(=O)O. The smallest absolute Gasteiger partial charge is 0.326 e. The summed E-state index contributed by atoms with van der Waals surface area (Å²) in [4.78, 5) is 40.9. The molecule has 0 saturated heterocycles. The molecule has 186 valence electrons. The van der Waals surface area contributed by atoms with Gasteiger partial charge in [0.2, 0.25) is 11.8 Å². The first kappa shape index (κ1) is 25.8. The Labute approximate surface area is 203 Å². The van der Waals surface area contributed by atoms with Gasteiger partial charge in [-0.2, -0.15) is 0 Å². The summed E-state index contributed by atoms with van der Waals surface area (Å²) in [6.45, 7) is 3.73. The molecule has 0 saturated carbocycles. The first-order chi connectivity index (χ1) is 16.6. The molecule has 9 heteroatoms. The lowest BCUT2D eigenvalue weighted by atomic mass is 10.0. The molecule has 3 unspecified atom stereocenters. The van der Waals surface area contributed by atoms with Gasteiger partial charge in [0.05, 0.1) is 6.04 Å². The fourth-order valence-corrected chi connectivity index (χ4v) is 3.95. The van der Waals surface area contributed by atoms with Gasteiger partial charge in [0.25, 0.3) is 0 Å². The number of aromatic hydroxyl groups is 1. The first-order valence-corrected chi connectivity index (χ1v) is 11.6. The monoisotopic (exact) mass is 480 g/mol. The van der Waals surface area contributed by atoms with Gasteiger partial charge in [-0.1, -0.05) is 44.2 Å². The molecule has 0 aliphatic carbocycles. The highest BCUT2D eigenvalue weighted by molar-refractivity contribution is 5.92. The third kappa shape index (κ3) is 7.07. The summed E-state index contributed by atoms with van der Waals surface area (Å²) in [5.74, 6) is -2.16. The number of amides is 2. The largest absolute Gasteiger partial charge is 0.508 e. The summed E-state index contributed by atoms with van der Waals surface area (Å²) in [6, 6.07) is 10.9. The molecule has 1 aromatic heterocycles. The standard InChI is InChI=1S/C26H32N4O5/c1-15(2)11-23(26(34)35)30-25(33)22(12-16-7-9-18(31)10-8-16)29-24(32)20(27)13-17-14-28-21-6-4-3-5-19(17)21/h3-10,14-15,20,22-23,28,31H,11-13,27H2,1-2H3,(H,29,32)(H,30,33)(H,34,35). The maximum absolute atomic E-state index is 13.1. The van der Waals surface area contributed by atoms with Crippen molar-refractivity contribution < 1.29 is 24.6 Å². The van der Waals surface area contributed by atoms with Gasteiger partial charge >= 0.3 is 5.97 Å². The van der Waals surface area contributed by atoms with E-state index in [-0.39, 0.29) is 30.9 Å². The second-order valence-electron chi connectivity index (χ2n) is 9.13. The van der Waals surface area contributed by atoms with Crippen LogP contribution >= 0.6 is 0 Å². The number of carbonyl (C=O) groups is 3. The van der Waals surface area contributed by atoms with Crippen LogP contribution in [-0.4, -0.2) is 51.1 Å². The molecule has 2 aromatic carbocycles. The molecule has 35 heavy (non-hydrogen) atoms. The summed E-state index contributed by atoms with van der Waals surface area (Å²) in [5, 5.41) is 25.3. The number of nitrogens with one attached hydrogen (secondary N) is 3. The second kappa shape index (κ2) is 11.5. The molecule has 3 rings (SSSR count). The van der Waals surface area contributed by atoms with Crippen molar-refractivity contribution in [3.63, 3.8) is 0 Å². The van der Waals surface area contributed by atoms with Gasteiger partial charge in [0.15, 0.2) is 0 Å². The molecule has 2 amide bonds. The van der Waals surface area contributed by atoms with Crippen molar-refractivity contribution in [3.8, 4) is 5.75 Å². The Balaban J connectivity index is 1.75. The van der Waals surface area contributed by atoms with Gasteiger partial charge in [-0.25, -0.2) is 4.79 Å². The average Bonchev–Trinajstić information content (AvgIpc) is 3.21. The van der Waals surface area contributed by atoms with Crippen LogP contribution in [0.3, 0.4) is 0 Å². The normalized spacial score (nSPS) is 13.8. The molecule has 9 nitrogen and oxygen atoms in total. The van der Waals surface area contributed by atoms with Gasteiger partial charge in [-0.05, 0) is 48.1 Å². The predicted octanol–water partition coefficient (Wildman–Crippen LogP) is 2.09. The molecule has 0 spiro atoms. The number of hydrogen-bond acceptors (Lipinski definition) is 5. The van der Waals surface area contributed by atoms with E-state index >= 15 is 0 Å². The Hall–Kier alpha value is -3.85.